The van der Waals surface area contributed by atoms with Crippen LogP contribution in [0, 0.1) is 0 Å². The summed E-state index contributed by atoms with van der Waals surface area (Å²) in [5.41, 5.74) is 2.20. The molecule has 0 fully saturated rings. The Balaban J connectivity index is 1.60. The van der Waals surface area contributed by atoms with Gasteiger partial charge in [-0.1, -0.05) is 41.9 Å². The molecular weight excluding hydrogens is 376 g/mol. The van der Waals surface area contributed by atoms with Crippen LogP contribution in [0.5, 0.6) is 0 Å². The van der Waals surface area contributed by atoms with Crippen molar-refractivity contribution in [3.8, 4) is 17.1 Å². The van der Waals surface area contributed by atoms with Gasteiger partial charge in [0.25, 0.3) is 0 Å². The van der Waals surface area contributed by atoms with E-state index in [1.807, 2.05) is 12.1 Å². The first kappa shape index (κ1) is 17.8. The third-order valence-corrected chi connectivity index (χ3v) is 4.46. The molecule has 0 unspecified atom stereocenters. The zero-order chi connectivity index (χ0) is 19.5. The van der Waals surface area contributed by atoms with Crippen molar-refractivity contribution >= 4 is 23.5 Å². The highest BCUT2D eigenvalue weighted by molar-refractivity contribution is 6.30. The molecule has 28 heavy (non-hydrogen) atoms. The average molecular weight is 391 g/mol. The van der Waals surface area contributed by atoms with Crippen molar-refractivity contribution in [2.75, 3.05) is 0 Å². The Bertz CT molecular complexity index is 1200. The number of nitrogens with one attached hydrogen (secondary N) is 1. The summed E-state index contributed by atoms with van der Waals surface area (Å²) < 4.78 is 6.75. The molecule has 2 aromatic carbocycles. The third-order valence-electron chi connectivity index (χ3n) is 4.21. The van der Waals surface area contributed by atoms with Crippen LogP contribution in [0.4, 0.5) is 0 Å². The first-order valence-corrected chi connectivity index (χ1v) is 8.92. The Morgan fingerprint density at radius 3 is 2.64 bits per heavy atom. The van der Waals surface area contributed by atoms with Crippen LogP contribution in [-0.2, 0) is 0 Å². The Hall–Kier alpha value is -3.57. The van der Waals surface area contributed by atoms with E-state index in [2.05, 4.69) is 4.98 Å². The molecule has 2 heterocycles. The van der Waals surface area contributed by atoms with Gasteiger partial charge in [0.15, 0.2) is 11.5 Å². The van der Waals surface area contributed by atoms with E-state index in [9.17, 15) is 9.59 Å². The second-order valence-corrected chi connectivity index (χ2v) is 6.56. The van der Waals surface area contributed by atoms with E-state index in [0.29, 0.717) is 27.7 Å². The normalized spacial score (nSPS) is 11.2. The topological polar surface area (TPSA) is 68.0 Å². The van der Waals surface area contributed by atoms with Crippen LogP contribution < -0.4 is 5.69 Å². The molecule has 2 aromatic heterocycles. The first-order chi connectivity index (χ1) is 13.6. The first-order valence-electron chi connectivity index (χ1n) is 8.54. The van der Waals surface area contributed by atoms with Gasteiger partial charge >= 0.3 is 5.69 Å². The maximum Gasteiger partial charge on any atom is 0.330 e. The van der Waals surface area contributed by atoms with Crippen molar-refractivity contribution in [3.63, 3.8) is 0 Å². The van der Waals surface area contributed by atoms with E-state index in [1.54, 1.807) is 60.8 Å². The molecule has 138 valence electrons. The van der Waals surface area contributed by atoms with E-state index < -0.39 is 0 Å². The van der Waals surface area contributed by atoms with Crippen LogP contribution in [0.3, 0.4) is 0 Å². The largest absolute Gasteiger partial charge is 0.463 e. The SMILES string of the molecule is O=C(C=Cc1ccc(Cl)cc1)c1cccc(-n2cc(-c3ccco3)[nH]c2=O)c1. The Morgan fingerprint density at radius 1 is 1.07 bits per heavy atom. The van der Waals surface area contributed by atoms with Gasteiger partial charge in [-0.15, -0.1) is 0 Å². The lowest BCUT2D eigenvalue weighted by Gasteiger charge is -2.03. The molecule has 0 aliphatic rings. The summed E-state index contributed by atoms with van der Waals surface area (Å²) in [4.78, 5) is 27.6. The van der Waals surface area contributed by atoms with Crippen LogP contribution in [0.2, 0.25) is 5.02 Å². The van der Waals surface area contributed by atoms with Gasteiger partial charge in [-0.2, -0.15) is 0 Å². The molecule has 1 N–H and O–H groups in total. The van der Waals surface area contributed by atoms with Gasteiger partial charge in [0.1, 0.15) is 5.69 Å². The zero-order valence-corrected chi connectivity index (χ0v) is 15.4. The second kappa shape index (κ2) is 7.58. The summed E-state index contributed by atoms with van der Waals surface area (Å²) >= 11 is 5.87. The highest BCUT2D eigenvalue weighted by Gasteiger charge is 2.10. The number of nitrogens with zero attached hydrogens (tertiary/aromatic N) is 1. The van der Waals surface area contributed by atoms with Gasteiger partial charge in [-0.25, -0.2) is 4.79 Å². The average Bonchev–Trinajstić information content (AvgIpc) is 3.37. The number of imidazole rings is 1. The molecular formula is C22H15ClN2O3. The van der Waals surface area contributed by atoms with Crippen molar-refractivity contribution in [2.24, 2.45) is 0 Å². The van der Waals surface area contributed by atoms with Crippen LogP contribution in [-0.4, -0.2) is 15.3 Å². The van der Waals surface area contributed by atoms with Crippen molar-refractivity contribution in [3.05, 3.63) is 106 Å². The van der Waals surface area contributed by atoms with Gasteiger partial charge in [0, 0.05) is 16.8 Å². The molecule has 0 spiro atoms. The number of furan rings is 1. The number of benzene rings is 2. The number of hydrogen-bond donors (Lipinski definition) is 1. The maximum atomic E-state index is 12.5. The van der Waals surface area contributed by atoms with Gasteiger partial charge in [-0.3, -0.25) is 9.36 Å². The molecule has 5 nitrogen and oxygen atoms in total. The van der Waals surface area contributed by atoms with E-state index in [-0.39, 0.29) is 11.5 Å². The van der Waals surface area contributed by atoms with Crippen molar-refractivity contribution in [1.29, 1.82) is 0 Å². The molecule has 6 heteroatoms. The molecule has 4 rings (SSSR count). The van der Waals surface area contributed by atoms with Crippen molar-refractivity contribution in [1.82, 2.24) is 9.55 Å². The fourth-order valence-corrected chi connectivity index (χ4v) is 2.92. The summed E-state index contributed by atoms with van der Waals surface area (Å²) in [7, 11) is 0. The number of carbonyl (C=O) groups excluding carboxylic acids is 1. The molecule has 0 atom stereocenters. The highest BCUT2D eigenvalue weighted by atomic mass is 35.5. The van der Waals surface area contributed by atoms with Crippen LogP contribution in [0.25, 0.3) is 23.2 Å². The Labute approximate surface area is 165 Å². The van der Waals surface area contributed by atoms with E-state index in [0.717, 1.165) is 5.56 Å². The number of H-pyrrole nitrogens is 1. The number of aromatic amines is 1. The standard InChI is InChI=1S/C22H15ClN2O3/c23-17-9-6-15(7-10-17)8-11-20(26)16-3-1-4-18(13-16)25-14-19(24-22(25)27)21-5-2-12-28-21/h1-14H,(H,24,27). The van der Waals surface area contributed by atoms with Gasteiger partial charge < -0.3 is 9.40 Å². The Morgan fingerprint density at radius 2 is 1.89 bits per heavy atom. The Kier molecular flexibility index (Phi) is 4.83. The number of allylic oxidation sites excluding steroid dienone is 1. The fraction of sp³-hybridized carbons (Fsp3) is 0. The minimum Gasteiger partial charge on any atom is -0.463 e. The smallest absolute Gasteiger partial charge is 0.330 e. The fourth-order valence-electron chi connectivity index (χ4n) is 2.80. The van der Waals surface area contributed by atoms with E-state index in [1.165, 1.54) is 16.9 Å². The number of carbonyl (C=O) groups is 1. The van der Waals surface area contributed by atoms with Crippen molar-refractivity contribution in [2.45, 2.75) is 0 Å². The molecule has 0 saturated heterocycles. The minimum absolute atomic E-state index is 0.161. The predicted molar refractivity (Wildman–Crippen MR) is 109 cm³/mol. The van der Waals surface area contributed by atoms with Gasteiger partial charge in [-0.05, 0) is 48.0 Å². The van der Waals surface area contributed by atoms with Crippen LogP contribution in [0.15, 0.2) is 88.4 Å². The molecule has 0 aliphatic heterocycles. The van der Waals surface area contributed by atoms with Gasteiger partial charge in [0.2, 0.25) is 0 Å². The summed E-state index contributed by atoms with van der Waals surface area (Å²) in [6.07, 6.45) is 6.41. The molecule has 0 radical (unpaired) electrons. The lowest BCUT2D eigenvalue weighted by atomic mass is 10.1. The lowest BCUT2D eigenvalue weighted by molar-refractivity contribution is 0.104. The zero-order valence-electron chi connectivity index (χ0n) is 14.6. The molecule has 0 amide bonds. The number of rotatable bonds is 5. The predicted octanol–water partition coefficient (Wildman–Crippen LogP) is 4.98. The summed E-state index contributed by atoms with van der Waals surface area (Å²) in [6, 6.07) is 17.6. The lowest BCUT2D eigenvalue weighted by Crippen LogP contribution is -2.14. The molecule has 0 bridgehead atoms. The molecule has 0 aliphatic carbocycles. The highest BCUT2D eigenvalue weighted by Crippen LogP contribution is 2.18. The summed E-state index contributed by atoms with van der Waals surface area (Å²) in [5, 5.41) is 0.641. The quantitative estimate of drug-likeness (QED) is 0.386. The third kappa shape index (κ3) is 3.75. The number of hydrogen-bond acceptors (Lipinski definition) is 3. The van der Waals surface area contributed by atoms with Crippen LogP contribution in [0.1, 0.15) is 15.9 Å². The number of ketones is 1. The molecule has 4 aromatic rings. The number of aromatic nitrogens is 2. The summed E-state index contributed by atoms with van der Waals surface area (Å²) in [5.74, 6) is 0.403. The molecule has 0 saturated carbocycles. The van der Waals surface area contributed by atoms with Crippen molar-refractivity contribution < 1.29 is 9.21 Å². The second-order valence-electron chi connectivity index (χ2n) is 6.12. The number of halogens is 1. The maximum absolute atomic E-state index is 12.5. The van der Waals surface area contributed by atoms with E-state index in [4.69, 9.17) is 16.0 Å². The van der Waals surface area contributed by atoms with Crippen LogP contribution >= 0.6 is 11.6 Å². The summed E-state index contributed by atoms with van der Waals surface area (Å²) in [6.45, 7) is 0. The monoisotopic (exact) mass is 390 g/mol. The van der Waals surface area contributed by atoms with E-state index >= 15 is 0 Å². The minimum atomic E-state index is -0.312. The van der Waals surface area contributed by atoms with Gasteiger partial charge in [0.05, 0.1) is 12.0 Å².